The molecule has 0 atom stereocenters. The number of hydrogen-bond acceptors (Lipinski definition) is 4. The van der Waals surface area contributed by atoms with Crippen LogP contribution in [-0.4, -0.2) is 25.0 Å². The molecule has 3 rings (SSSR count). The van der Waals surface area contributed by atoms with Crippen molar-refractivity contribution < 1.29 is 14.3 Å². The highest BCUT2D eigenvalue weighted by molar-refractivity contribution is 7.12. The van der Waals surface area contributed by atoms with E-state index in [9.17, 15) is 9.59 Å². The first-order chi connectivity index (χ1) is 10.7. The highest BCUT2D eigenvalue weighted by Gasteiger charge is 2.24. The Morgan fingerprint density at radius 3 is 3.05 bits per heavy atom. The molecule has 1 aromatic heterocycles. The Balaban J connectivity index is 1.83. The molecule has 5 nitrogen and oxygen atoms in total. The van der Waals surface area contributed by atoms with Crippen LogP contribution in [0.4, 0.5) is 11.4 Å². The second-order valence-electron chi connectivity index (χ2n) is 4.70. The normalized spacial score (nSPS) is 13.3. The predicted molar refractivity (Wildman–Crippen MR) is 86.8 cm³/mol. The van der Waals surface area contributed by atoms with E-state index in [1.807, 2.05) is 11.4 Å². The summed E-state index contributed by atoms with van der Waals surface area (Å²) >= 11 is 1.38. The fourth-order valence-corrected chi connectivity index (χ4v) is 2.83. The van der Waals surface area contributed by atoms with Gasteiger partial charge in [0.2, 0.25) is 0 Å². The lowest BCUT2D eigenvalue weighted by Crippen LogP contribution is -2.38. The van der Waals surface area contributed by atoms with Gasteiger partial charge in [-0.2, -0.15) is 0 Å². The van der Waals surface area contributed by atoms with Gasteiger partial charge in [-0.25, -0.2) is 0 Å². The number of amides is 2. The molecule has 1 aliphatic rings. The summed E-state index contributed by atoms with van der Waals surface area (Å²) in [6.07, 6.45) is 1.67. The van der Waals surface area contributed by atoms with Crippen molar-refractivity contribution in [1.29, 1.82) is 0 Å². The van der Waals surface area contributed by atoms with Gasteiger partial charge in [-0.15, -0.1) is 17.9 Å². The number of thiophene rings is 1. The molecule has 0 saturated heterocycles. The van der Waals surface area contributed by atoms with Crippen molar-refractivity contribution in [2.45, 2.75) is 0 Å². The molecular formula is C16H14N2O3S. The second-order valence-corrected chi connectivity index (χ2v) is 5.64. The molecule has 112 valence electrons. The van der Waals surface area contributed by atoms with Crippen molar-refractivity contribution in [3.8, 4) is 5.75 Å². The minimum atomic E-state index is -0.162. The van der Waals surface area contributed by atoms with Crippen LogP contribution < -0.4 is 15.0 Å². The monoisotopic (exact) mass is 314 g/mol. The first-order valence-corrected chi connectivity index (χ1v) is 7.60. The molecule has 1 aromatic carbocycles. The number of nitrogens with zero attached hydrogens (tertiary/aromatic N) is 1. The number of ether oxygens (including phenoxy) is 1. The number of hydrogen-bond donors (Lipinski definition) is 1. The molecule has 1 aliphatic heterocycles. The Hall–Kier alpha value is -2.60. The molecule has 6 heteroatoms. The van der Waals surface area contributed by atoms with E-state index in [-0.39, 0.29) is 18.4 Å². The average Bonchev–Trinajstić information content (AvgIpc) is 3.05. The molecule has 0 fully saturated rings. The Morgan fingerprint density at radius 1 is 1.45 bits per heavy atom. The zero-order chi connectivity index (χ0) is 15.5. The minimum Gasteiger partial charge on any atom is -0.481 e. The van der Waals surface area contributed by atoms with Crippen LogP contribution in [0.3, 0.4) is 0 Å². The number of carbonyl (C=O) groups excluding carboxylic acids is 2. The van der Waals surface area contributed by atoms with Gasteiger partial charge < -0.3 is 15.0 Å². The molecule has 2 heterocycles. The van der Waals surface area contributed by atoms with Gasteiger partial charge in [0.15, 0.2) is 6.61 Å². The summed E-state index contributed by atoms with van der Waals surface area (Å²) in [4.78, 5) is 26.1. The van der Waals surface area contributed by atoms with Crippen LogP contribution in [0.1, 0.15) is 9.67 Å². The van der Waals surface area contributed by atoms with E-state index in [4.69, 9.17) is 4.74 Å². The van der Waals surface area contributed by atoms with E-state index >= 15 is 0 Å². The topological polar surface area (TPSA) is 58.6 Å². The van der Waals surface area contributed by atoms with E-state index in [0.717, 1.165) is 0 Å². The van der Waals surface area contributed by atoms with Gasteiger partial charge in [-0.1, -0.05) is 12.1 Å². The van der Waals surface area contributed by atoms with E-state index in [1.165, 1.54) is 11.3 Å². The number of carbonyl (C=O) groups is 2. The second kappa shape index (κ2) is 6.03. The van der Waals surface area contributed by atoms with Crippen LogP contribution >= 0.6 is 11.3 Å². The lowest BCUT2D eigenvalue weighted by Gasteiger charge is -2.28. The number of rotatable bonds is 4. The summed E-state index contributed by atoms with van der Waals surface area (Å²) in [6, 6.07) is 8.83. The summed E-state index contributed by atoms with van der Waals surface area (Å²) in [5.74, 6) is 0.304. The fraction of sp³-hybridized carbons (Fsp3) is 0.125. The molecule has 22 heavy (non-hydrogen) atoms. The predicted octanol–water partition coefficient (Wildman–Crippen LogP) is 2.91. The molecule has 0 aliphatic carbocycles. The van der Waals surface area contributed by atoms with Crippen LogP contribution in [0.2, 0.25) is 0 Å². The number of nitrogens with one attached hydrogen (secondary N) is 1. The van der Waals surface area contributed by atoms with Crippen molar-refractivity contribution in [2.24, 2.45) is 0 Å². The fourth-order valence-electron chi connectivity index (χ4n) is 2.21. The van der Waals surface area contributed by atoms with Gasteiger partial charge in [-0.3, -0.25) is 9.59 Å². The Bertz CT molecular complexity index is 725. The van der Waals surface area contributed by atoms with Gasteiger partial charge in [0.1, 0.15) is 5.75 Å². The van der Waals surface area contributed by atoms with E-state index in [0.29, 0.717) is 28.5 Å². The summed E-state index contributed by atoms with van der Waals surface area (Å²) in [5, 5.41) is 4.67. The van der Waals surface area contributed by atoms with Crippen LogP contribution in [0.15, 0.2) is 48.4 Å². The van der Waals surface area contributed by atoms with Crippen molar-refractivity contribution in [3.05, 3.63) is 53.2 Å². The highest BCUT2D eigenvalue weighted by Crippen LogP contribution is 2.34. The van der Waals surface area contributed by atoms with Gasteiger partial charge in [0, 0.05) is 18.3 Å². The van der Waals surface area contributed by atoms with Crippen LogP contribution in [0.5, 0.6) is 5.75 Å². The number of benzene rings is 1. The van der Waals surface area contributed by atoms with Gasteiger partial charge >= 0.3 is 0 Å². The SMILES string of the molecule is C=CCN1C(=O)COc2cc(NC(=O)c3cccs3)ccc21. The molecular weight excluding hydrogens is 300 g/mol. The maximum Gasteiger partial charge on any atom is 0.265 e. The van der Waals surface area contributed by atoms with Crippen molar-refractivity contribution in [1.82, 2.24) is 0 Å². The lowest BCUT2D eigenvalue weighted by molar-refractivity contribution is -0.121. The van der Waals surface area contributed by atoms with Crippen LogP contribution in [0.25, 0.3) is 0 Å². The van der Waals surface area contributed by atoms with Gasteiger partial charge in [0.05, 0.1) is 10.6 Å². The molecule has 0 spiro atoms. The third kappa shape index (κ3) is 2.73. The average molecular weight is 314 g/mol. The third-order valence-electron chi connectivity index (χ3n) is 3.22. The smallest absolute Gasteiger partial charge is 0.265 e. The maximum atomic E-state index is 12.0. The standard InChI is InChI=1S/C16H14N2O3S/c1-2-7-18-12-6-5-11(9-13(12)21-10-15(18)19)17-16(20)14-4-3-8-22-14/h2-6,8-9H,1,7,10H2,(H,17,20). The molecule has 0 unspecified atom stereocenters. The van der Waals surface area contributed by atoms with E-state index < -0.39 is 0 Å². The molecule has 0 saturated carbocycles. The quantitative estimate of drug-likeness (QED) is 0.883. The van der Waals surface area contributed by atoms with Crippen molar-refractivity contribution in [3.63, 3.8) is 0 Å². The molecule has 0 bridgehead atoms. The van der Waals surface area contributed by atoms with E-state index in [1.54, 1.807) is 35.2 Å². The third-order valence-corrected chi connectivity index (χ3v) is 4.09. The summed E-state index contributed by atoms with van der Waals surface area (Å²) in [6.45, 7) is 4.07. The summed E-state index contributed by atoms with van der Waals surface area (Å²) in [5.41, 5.74) is 1.32. The number of fused-ring (bicyclic) bond motifs is 1. The van der Waals surface area contributed by atoms with Crippen molar-refractivity contribution >= 4 is 34.5 Å². The maximum absolute atomic E-state index is 12.0. The molecule has 0 radical (unpaired) electrons. The van der Waals surface area contributed by atoms with Gasteiger partial charge in [0.25, 0.3) is 11.8 Å². The van der Waals surface area contributed by atoms with Crippen molar-refractivity contribution in [2.75, 3.05) is 23.4 Å². The van der Waals surface area contributed by atoms with Crippen LogP contribution in [-0.2, 0) is 4.79 Å². The zero-order valence-corrected chi connectivity index (χ0v) is 12.6. The first kappa shape index (κ1) is 14.3. The minimum absolute atomic E-state index is 0.0107. The largest absolute Gasteiger partial charge is 0.481 e. The van der Waals surface area contributed by atoms with E-state index in [2.05, 4.69) is 11.9 Å². The number of anilines is 2. The van der Waals surface area contributed by atoms with Crippen LogP contribution in [0, 0.1) is 0 Å². The molecule has 1 N–H and O–H groups in total. The first-order valence-electron chi connectivity index (χ1n) is 6.72. The van der Waals surface area contributed by atoms with Gasteiger partial charge in [-0.05, 0) is 23.6 Å². The summed E-state index contributed by atoms with van der Waals surface area (Å²) < 4.78 is 5.45. The molecule has 2 aromatic rings. The Morgan fingerprint density at radius 2 is 2.32 bits per heavy atom. The molecule has 2 amide bonds. The Labute approximate surface area is 131 Å². The Kier molecular flexibility index (Phi) is 3.93. The highest BCUT2D eigenvalue weighted by atomic mass is 32.1. The summed E-state index contributed by atoms with van der Waals surface area (Å²) in [7, 11) is 0. The zero-order valence-electron chi connectivity index (χ0n) is 11.7. The lowest BCUT2D eigenvalue weighted by atomic mass is 10.2.